The van der Waals surface area contributed by atoms with Crippen molar-refractivity contribution in [2.24, 2.45) is 0 Å². The maximum absolute atomic E-state index is 12.1. The minimum absolute atomic E-state index is 0.137. The molecule has 1 amide bonds. The Morgan fingerprint density at radius 3 is 2.74 bits per heavy atom. The first-order valence-electron chi connectivity index (χ1n) is 7.18. The Labute approximate surface area is 143 Å². The van der Waals surface area contributed by atoms with Gasteiger partial charge in [0.15, 0.2) is 11.5 Å². The number of hydrogen-bond acceptors (Lipinski definition) is 3. The Bertz CT molecular complexity index is 874. The van der Waals surface area contributed by atoms with Crippen LogP contribution in [0.25, 0.3) is 11.1 Å². The molecular weight excluding hydrogens is 335 g/mol. The molecule has 0 radical (unpaired) electrons. The summed E-state index contributed by atoms with van der Waals surface area (Å²) < 4.78 is 5.55. The number of nitrogens with zero attached hydrogens (tertiary/aromatic N) is 1. The highest BCUT2D eigenvalue weighted by atomic mass is 35.5. The Morgan fingerprint density at radius 2 is 2.00 bits per heavy atom. The molecule has 23 heavy (non-hydrogen) atoms. The van der Waals surface area contributed by atoms with Gasteiger partial charge in [0.1, 0.15) is 5.52 Å². The molecule has 0 aliphatic heterocycles. The Balaban J connectivity index is 1.72. The van der Waals surface area contributed by atoms with Crippen molar-refractivity contribution in [2.45, 2.75) is 19.8 Å². The second-order valence-corrected chi connectivity index (χ2v) is 5.93. The maximum atomic E-state index is 12.1. The van der Waals surface area contributed by atoms with Crippen molar-refractivity contribution in [2.75, 3.05) is 5.32 Å². The lowest BCUT2D eigenvalue weighted by molar-refractivity contribution is -0.115. The van der Waals surface area contributed by atoms with E-state index in [1.165, 1.54) is 0 Å². The highest BCUT2D eigenvalue weighted by Crippen LogP contribution is 2.23. The van der Waals surface area contributed by atoms with Gasteiger partial charge in [0.05, 0.1) is 16.5 Å². The van der Waals surface area contributed by atoms with Crippen LogP contribution >= 0.6 is 23.2 Å². The fourth-order valence-corrected chi connectivity index (χ4v) is 2.56. The molecular formula is C17H14Cl2N2O2. The van der Waals surface area contributed by atoms with Gasteiger partial charge in [-0.3, -0.25) is 4.79 Å². The topological polar surface area (TPSA) is 55.1 Å². The lowest BCUT2D eigenvalue weighted by Crippen LogP contribution is -2.14. The number of fused-ring (bicyclic) bond motifs is 1. The average molecular weight is 349 g/mol. The van der Waals surface area contributed by atoms with Crippen molar-refractivity contribution < 1.29 is 9.21 Å². The molecule has 0 saturated carbocycles. The average Bonchev–Trinajstić information content (AvgIpc) is 2.93. The highest BCUT2D eigenvalue weighted by molar-refractivity contribution is 6.42. The summed E-state index contributed by atoms with van der Waals surface area (Å²) in [5.41, 5.74) is 2.92. The lowest BCUT2D eigenvalue weighted by atomic mass is 10.1. The molecule has 0 spiro atoms. The zero-order chi connectivity index (χ0) is 16.4. The summed E-state index contributed by atoms with van der Waals surface area (Å²) in [6, 6.07) is 10.5. The number of hydrogen-bond donors (Lipinski definition) is 1. The number of halogens is 2. The van der Waals surface area contributed by atoms with Crippen LogP contribution in [0.4, 0.5) is 5.69 Å². The first-order chi connectivity index (χ1) is 11.0. The van der Waals surface area contributed by atoms with Gasteiger partial charge >= 0.3 is 0 Å². The Kier molecular flexibility index (Phi) is 4.55. The number of aryl methyl sites for hydroxylation is 1. The van der Waals surface area contributed by atoms with E-state index in [1.807, 2.05) is 6.92 Å². The van der Waals surface area contributed by atoms with Gasteiger partial charge in [-0.1, -0.05) is 36.2 Å². The predicted octanol–water partition coefficient (Wildman–Crippen LogP) is 4.88. The molecule has 2 aromatic carbocycles. The number of amides is 1. The van der Waals surface area contributed by atoms with Crippen molar-refractivity contribution >= 4 is 45.9 Å². The molecule has 0 bridgehead atoms. The van der Waals surface area contributed by atoms with Crippen LogP contribution in [0.3, 0.4) is 0 Å². The second kappa shape index (κ2) is 6.60. The fraction of sp³-hybridized carbons (Fsp3) is 0.176. The molecule has 3 rings (SSSR count). The number of oxazole rings is 1. The van der Waals surface area contributed by atoms with Crippen LogP contribution in [-0.2, 0) is 17.6 Å². The van der Waals surface area contributed by atoms with E-state index in [9.17, 15) is 4.79 Å². The summed E-state index contributed by atoms with van der Waals surface area (Å²) in [7, 11) is 0. The minimum atomic E-state index is -0.137. The van der Waals surface area contributed by atoms with E-state index >= 15 is 0 Å². The number of benzene rings is 2. The molecule has 1 N–H and O–H groups in total. The standard InChI is InChI=1S/C17H14Cl2N2O2/c1-2-17-21-14-9-11(4-6-15(14)23-17)20-16(22)8-10-3-5-12(18)13(19)7-10/h3-7,9H,2,8H2,1H3,(H,20,22). The molecule has 6 heteroatoms. The van der Waals surface area contributed by atoms with Crippen LogP contribution < -0.4 is 5.32 Å². The van der Waals surface area contributed by atoms with Gasteiger partial charge in [-0.25, -0.2) is 4.98 Å². The van der Waals surface area contributed by atoms with Gasteiger partial charge in [0.25, 0.3) is 0 Å². The van der Waals surface area contributed by atoms with Crippen LogP contribution in [0.2, 0.25) is 10.0 Å². The largest absolute Gasteiger partial charge is 0.441 e. The van der Waals surface area contributed by atoms with Crippen molar-refractivity contribution in [3.8, 4) is 0 Å². The zero-order valence-electron chi connectivity index (χ0n) is 12.4. The third-order valence-electron chi connectivity index (χ3n) is 3.37. The molecule has 1 aromatic heterocycles. The predicted molar refractivity (Wildman–Crippen MR) is 92.2 cm³/mol. The molecule has 0 atom stereocenters. The van der Waals surface area contributed by atoms with Crippen molar-refractivity contribution in [1.29, 1.82) is 0 Å². The number of rotatable bonds is 4. The van der Waals surface area contributed by atoms with Crippen molar-refractivity contribution in [3.63, 3.8) is 0 Å². The Morgan fingerprint density at radius 1 is 1.17 bits per heavy atom. The number of anilines is 1. The third kappa shape index (κ3) is 3.66. The monoisotopic (exact) mass is 348 g/mol. The molecule has 4 nitrogen and oxygen atoms in total. The summed E-state index contributed by atoms with van der Waals surface area (Å²) in [5, 5.41) is 3.76. The SMILES string of the molecule is CCc1nc2cc(NC(=O)Cc3ccc(Cl)c(Cl)c3)ccc2o1. The van der Waals surface area contributed by atoms with E-state index in [2.05, 4.69) is 10.3 Å². The van der Waals surface area contributed by atoms with Crippen LogP contribution in [0.5, 0.6) is 0 Å². The van der Waals surface area contributed by atoms with E-state index in [0.29, 0.717) is 27.2 Å². The van der Waals surface area contributed by atoms with Crippen molar-refractivity contribution in [3.05, 3.63) is 57.9 Å². The lowest BCUT2D eigenvalue weighted by Gasteiger charge is -2.06. The van der Waals surface area contributed by atoms with Gasteiger partial charge < -0.3 is 9.73 Å². The van der Waals surface area contributed by atoms with Crippen LogP contribution in [0, 0.1) is 0 Å². The third-order valence-corrected chi connectivity index (χ3v) is 4.11. The van der Waals surface area contributed by atoms with E-state index in [-0.39, 0.29) is 12.3 Å². The second-order valence-electron chi connectivity index (χ2n) is 5.12. The fourth-order valence-electron chi connectivity index (χ4n) is 2.24. The smallest absolute Gasteiger partial charge is 0.228 e. The molecule has 0 unspecified atom stereocenters. The number of nitrogens with one attached hydrogen (secondary N) is 1. The van der Waals surface area contributed by atoms with Gasteiger partial charge in [-0.2, -0.15) is 0 Å². The van der Waals surface area contributed by atoms with E-state index in [1.54, 1.807) is 36.4 Å². The summed E-state index contributed by atoms with van der Waals surface area (Å²) in [5.74, 6) is 0.543. The number of carbonyl (C=O) groups excluding carboxylic acids is 1. The molecule has 1 heterocycles. The van der Waals surface area contributed by atoms with E-state index < -0.39 is 0 Å². The van der Waals surface area contributed by atoms with Gasteiger partial charge in [0.2, 0.25) is 5.91 Å². The molecule has 3 aromatic rings. The van der Waals surface area contributed by atoms with Gasteiger partial charge in [0, 0.05) is 12.1 Å². The summed E-state index contributed by atoms with van der Waals surface area (Å²) in [6.45, 7) is 1.98. The number of carbonyl (C=O) groups is 1. The quantitative estimate of drug-likeness (QED) is 0.730. The molecule has 0 saturated heterocycles. The van der Waals surface area contributed by atoms with Gasteiger partial charge in [-0.05, 0) is 35.9 Å². The van der Waals surface area contributed by atoms with Gasteiger partial charge in [-0.15, -0.1) is 0 Å². The Hall–Kier alpha value is -2.04. The highest BCUT2D eigenvalue weighted by Gasteiger charge is 2.09. The first kappa shape index (κ1) is 15.8. The summed E-state index contributed by atoms with van der Waals surface area (Å²) >= 11 is 11.8. The van der Waals surface area contributed by atoms with Crippen LogP contribution in [0.1, 0.15) is 18.4 Å². The summed E-state index contributed by atoms with van der Waals surface area (Å²) in [4.78, 5) is 16.5. The van der Waals surface area contributed by atoms with Crippen LogP contribution in [0.15, 0.2) is 40.8 Å². The van der Waals surface area contributed by atoms with Crippen molar-refractivity contribution in [1.82, 2.24) is 4.98 Å². The molecule has 118 valence electrons. The molecule has 0 aliphatic carbocycles. The van der Waals surface area contributed by atoms with E-state index in [4.69, 9.17) is 27.6 Å². The first-order valence-corrected chi connectivity index (χ1v) is 7.94. The molecule has 0 aliphatic rings. The summed E-state index contributed by atoms with van der Waals surface area (Å²) in [6.07, 6.45) is 0.946. The van der Waals surface area contributed by atoms with E-state index in [0.717, 1.165) is 17.5 Å². The van der Waals surface area contributed by atoms with Crippen LogP contribution in [-0.4, -0.2) is 10.9 Å². The maximum Gasteiger partial charge on any atom is 0.228 e. The normalized spacial score (nSPS) is 10.9. The minimum Gasteiger partial charge on any atom is -0.441 e. The number of aromatic nitrogens is 1. The zero-order valence-corrected chi connectivity index (χ0v) is 13.9. The molecule has 0 fully saturated rings.